The van der Waals surface area contributed by atoms with Crippen molar-refractivity contribution in [3.8, 4) is 0 Å². The lowest BCUT2D eigenvalue weighted by molar-refractivity contribution is -0.127. The zero-order chi connectivity index (χ0) is 24.2. The Morgan fingerprint density at radius 2 is 1.88 bits per heavy atom. The SMILES string of the molecule is CCn1nc(C)c2c1CCCN([C@@H](C(=O)NC)c1ccccc1)[C@H]2CCc1ccc(C)c(C)c1. The Morgan fingerprint density at radius 1 is 1.12 bits per heavy atom. The van der Waals surface area contributed by atoms with Gasteiger partial charge in [0.2, 0.25) is 5.91 Å². The molecule has 4 rings (SSSR count). The second kappa shape index (κ2) is 10.6. The first-order chi connectivity index (χ1) is 16.4. The quantitative estimate of drug-likeness (QED) is 0.527. The Bertz CT molecular complexity index is 1130. The van der Waals surface area contributed by atoms with Gasteiger partial charge in [-0.25, -0.2) is 0 Å². The molecular formula is C29H38N4O. The van der Waals surface area contributed by atoms with Crippen LogP contribution in [-0.2, 0) is 24.2 Å². The fourth-order valence-electron chi connectivity index (χ4n) is 5.50. The van der Waals surface area contributed by atoms with Gasteiger partial charge in [0, 0.05) is 37.4 Å². The van der Waals surface area contributed by atoms with Gasteiger partial charge in [0.1, 0.15) is 6.04 Å². The molecule has 34 heavy (non-hydrogen) atoms. The van der Waals surface area contributed by atoms with Crippen molar-refractivity contribution in [2.24, 2.45) is 0 Å². The van der Waals surface area contributed by atoms with Crippen LogP contribution in [0.1, 0.15) is 71.1 Å². The molecule has 180 valence electrons. The highest BCUT2D eigenvalue weighted by atomic mass is 16.2. The van der Waals surface area contributed by atoms with E-state index in [1.165, 1.54) is 27.9 Å². The van der Waals surface area contributed by atoms with Gasteiger partial charge in [-0.05, 0) is 75.6 Å². The minimum Gasteiger partial charge on any atom is -0.358 e. The van der Waals surface area contributed by atoms with Crippen molar-refractivity contribution in [1.29, 1.82) is 0 Å². The molecule has 0 radical (unpaired) electrons. The number of carbonyl (C=O) groups excluding carboxylic acids is 1. The predicted molar refractivity (Wildman–Crippen MR) is 138 cm³/mol. The van der Waals surface area contributed by atoms with E-state index in [0.29, 0.717) is 0 Å². The van der Waals surface area contributed by atoms with E-state index in [1.807, 2.05) is 18.2 Å². The molecule has 0 unspecified atom stereocenters. The van der Waals surface area contributed by atoms with Crippen LogP contribution in [-0.4, -0.2) is 34.2 Å². The lowest BCUT2D eigenvalue weighted by Crippen LogP contribution is -2.41. The third-order valence-electron chi connectivity index (χ3n) is 7.37. The van der Waals surface area contributed by atoms with Gasteiger partial charge in [-0.1, -0.05) is 48.5 Å². The molecule has 0 fully saturated rings. The van der Waals surface area contributed by atoms with Crippen molar-refractivity contribution >= 4 is 5.91 Å². The van der Waals surface area contributed by atoms with E-state index in [2.05, 4.69) is 72.9 Å². The molecule has 0 saturated carbocycles. The molecule has 2 atom stereocenters. The number of carbonyl (C=O) groups is 1. The molecule has 0 bridgehead atoms. The van der Waals surface area contributed by atoms with Gasteiger partial charge >= 0.3 is 0 Å². The number of amides is 1. The third-order valence-corrected chi connectivity index (χ3v) is 7.37. The molecular weight excluding hydrogens is 420 g/mol. The van der Waals surface area contributed by atoms with Crippen molar-refractivity contribution in [3.05, 3.63) is 87.7 Å². The van der Waals surface area contributed by atoms with Gasteiger partial charge in [0.15, 0.2) is 0 Å². The summed E-state index contributed by atoms with van der Waals surface area (Å²) < 4.78 is 2.18. The van der Waals surface area contributed by atoms with Crippen LogP contribution in [0.2, 0.25) is 0 Å². The van der Waals surface area contributed by atoms with Gasteiger partial charge in [0.05, 0.1) is 5.69 Å². The Morgan fingerprint density at radius 3 is 2.56 bits per heavy atom. The minimum absolute atomic E-state index is 0.0476. The Labute approximate surface area is 204 Å². The van der Waals surface area contributed by atoms with Crippen LogP contribution < -0.4 is 5.32 Å². The van der Waals surface area contributed by atoms with E-state index >= 15 is 0 Å². The molecule has 2 aromatic carbocycles. The van der Waals surface area contributed by atoms with Crippen LogP contribution in [0.3, 0.4) is 0 Å². The standard InChI is InChI=1S/C29H38N4O/c1-6-33-26-13-10-18-32(28(29(34)30-5)24-11-8-7-9-12-24)25(27(26)22(4)31-33)17-16-23-15-14-20(2)21(3)19-23/h7-9,11-12,14-15,19,25,28H,6,10,13,16-18H2,1-5H3,(H,30,34)/t25-,28+/m0/s1. The normalized spacial score (nSPS) is 17.1. The van der Waals surface area contributed by atoms with Crippen molar-refractivity contribution in [2.45, 2.75) is 72.0 Å². The number of nitrogens with zero attached hydrogens (tertiary/aromatic N) is 3. The van der Waals surface area contributed by atoms with E-state index < -0.39 is 0 Å². The molecule has 5 heteroatoms. The number of rotatable bonds is 7. The van der Waals surface area contributed by atoms with Gasteiger partial charge in [-0.3, -0.25) is 14.4 Å². The maximum absolute atomic E-state index is 13.3. The minimum atomic E-state index is -0.328. The summed E-state index contributed by atoms with van der Waals surface area (Å²) in [5, 5.41) is 7.85. The maximum Gasteiger partial charge on any atom is 0.241 e. The summed E-state index contributed by atoms with van der Waals surface area (Å²) in [5.74, 6) is 0.0476. The van der Waals surface area contributed by atoms with Gasteiger partial charge < -0.3 is 5.32 Å². The second-order valence-corrected chi connectivity index (χ2v) is 9.50. The van der Waals surface area contributed by atoms with E-state index in [9.17, 15) is 4.79 Å². The Balaban J connectivity index is 1.78. The van der Waals surface area contributed by atoms with E-state index in [1.54, 1.807) is 7.05 Å². The zero-order valence-electron chi connectivity index (χ0n) is 21.3. The summed E-state index contributed by atoms with van der Waals surface area (Å²) in [7, 11) is 1.74. The average molecular weight is 459 g/mol. The lowest BCUT2D eigenvalue weighted by atomic mass is 9.92. The molecule has 5 nitrogen and oxygen atoms in total. The third kappa shape index (κ3) is 4.80. The molecule has 2 heterocycles. The summed E-state index contributed by atoms with van der Waals surface area (Å²) in [6, 6.07) is 16.8. The molecule has 1 aliphatic rings. The first kappa shape index (κ1) is 24.2. The molecule has 0 spiro atoms. The first-order valence-electron chi connectivity index (χ1n) is 12.6. The second-order valence-electron chi connectivity index (χ2n) is 9.50. The topological polar surface area (TPSA) is 50.2 Å². The van der Waals surface area contributed by atoms with Crippen molar-refractivity contribution in [2.75, 3.05) is 13.6 Å². The van der Waals surface area contributed by atoms with Crippen LogP contribution in [0.25, 0.3) is 0 Å². The number of aromatic nitrogens is 2. The van der Waals surface area contributed by atoms with Crippen molar-refractivity contribution < 1.29 is 4.79 Å². The van der Waals surface area contributed by atoms with Gasteiger partial charge in [-0.15, -0.1) is 0 Å². The summed E-state index contributed by atoms with van der Waals surface area (Å²) in [4.78, 5) is 15.8. The number of hydrogen-bond donors (Lipinski definition) is 1. The highest BCUT2D eigenvalue weighted by Crippen LogP contribution is 2.40. The number of fused-ring (bicyclic) bond motifs is 1. The molecule has 1 aromatic heterocycles. The zero-order valence-corrected chi connectivity index (χ0v) is 21.3. The Kier molecular flexibility index (Phi) is 7.52. The number of hydrogen-bond acceptors (Lipinski definition) is 3. The van der Waals surface area contributed by atoms with Gasteiger partial charge in [-0.2, -0.15) is 5.10 Å². The molecule has 1 N–H and O–H groups in total. The largest absolute Gasteiger partial charge is 0.358 e. The van der Waals surface area contributed by atoms with Crippen LogP contribution >= 0.6 is 0 Å². The maximum atomic E-state index is 13.3. The highest BCUT2D eigenvalue weighted by molar-refractivity contribution is 5.83. The predicted octanol–water partition coefficient (Wildman–Crippen LogP) is 5.24. The fraction of sp³-hybridized carbons (Fsp3) is 0.448. The number of aryl methyl sites for hydroxylation is 5. The fourth-order valence-corrected chi connectivity index (χ4v) is 5.50. The van der Waals surface area contributed by atoms with Crippen LogP contribution in [0.4, 0.5) is 0 Å². The lowest BCUT2D eigenvalue weighted by Gasteiger charge is -2.37. The van der Waals surface area contributed by atoms with E-state index in [-0.39, 0.29) is 18.0 Å². The van der Waals surface area contributed by atoms with Crippen LogP contribution in [0.5, 0.6) is 0 Å². The number of likely N-dealkylation sites (N-methyl/N-ethyl adjacent to an activating group) is 1. The average Bonchev–Trinajstić information content (AvgIpc) is 3.04. The molecule has 0 saturated heterocycles. The number of nitrogens with one attached hydrogen (secondary N) is 1. The van der Waals surface area contributed by atoms with Crippen molar-refractivity contribution in [1.82, 2.24) is 20.0 Å². The van der Waals surface area contributed by atoms with E-state index in [4.69, 9.17) is 5.10 Å². The first-order valence-corrected chi connectivity index (χ1v) is 12.6. The number of benzene rings is 2. The smallest absolute Gasteiger partial charge is 0.241 e. The monoisotopic (exact) mass is 458 g/mol. The molecule has 1 aliphatic heterocycles. The summed E-state index contributed by atoms with van der Waals surface area (Å²) in [6.07, 6.45) is 3.92. The van der Waals surface area contributed by atoms with E-state index in [0.717, 1.165) is 50.0 Å². The van der Waals surface area contributed by atoms with Crippen LogP contribution in [0, 0.1) is 20.8 Å². The van der Waals surface area contributed by atoms with Gasteiger partial charge in [0.25, 0.3) is 0 Å². The molecule has 3 aromatic rings. The highest BCUT2D eigenvalue weighted by Gasteiger charge is 2.37. The summed E-state index contributed by atoms with van der Waals surface area (Å²) >= 11 is 0. The summed E-state index contributed by atoms with van der Waals surface area (Å²) in [5.41, 5.74) is 8.82. The Hall–Kier alpha value is -2.92. The van der Waals surface area contributed by atoms with Crippen LogP contribution in [0.15, 0.2) is 48.5 Å². The van der Waals surface area contributed by atoms with Crippen molar-refractivity contribution in [3.63, 3.8) is 0 Å². The summed E-state index contributed by atoms with van der Waals surface area (Å²) in [6.45, 7) is 10.4. The molecule has 0 aliphatic carbocycles. The molecule has 1 amide bonds.